The Labute approximate surface area is 134 Å². The van der Waals surface area contributed by atoms with Crippen LogP contribution in [0, 0.1) is 0 Å². The third-order valence-electron chi connectivity index (χ3n) is 3.70. The van der Waals surface area contributed by atoms with Crippen LogP contribution in [0.1, 0.15) is 16.9 Å². The summed E-state index contributed by atoms with van der Waals surface area (Å²) in [5.41, 5.74) is 5.83. The summed E-state index contributed by atoms with van der Waals surface area (Å²) in [7, 11) is 0. The summed E-state index contributed by atoms with van der Waals surface area (Å²) >= 11 is 0. The van der Waals surface area contributed by atoms with Crippen molar-refractivity contribution in [1.29, 1.82) is 0 Å². The fraction of sp³-hybridized carbons (Fsp3) is 0.571. The molecule has 0 radical (unpaired) electrons. The molecule has 23 heavy (non-hydrogen) atoms. The second-order valence-electron chi connectivity index (χ2n) is 5.48. The highest BCUT2D eigenvalue weighted by molar-refractivity contribution is 5.91. The fourth-order valence-electron chi connectivity index (χ4n) is 2.61. The zero-order valence-electron chi connectivity index (χ0n) is 12.9. The van der Waals surface area contributed by atoms with E-state index in [1.54, 1.807) is 22.0 Å². The number of hydrogen-bond acceptors (Lipinski definition) is 6. The number of nitrogens with zero attached hydrogens (tertiary/aromatic N) is 6. The highest BCUT2D eigenvalue weighted by Crippen LogP contribution is 2.11. The van der Waals surface area contributed by atoms with Gasteiger partial charge in [-0.3, -0.25) is 14.2 Å². The molecule has 3 heterocycles. The van der Waals surface area contributed by atoms with Crippen molar-refractivity contribution in [2.24, 2.45) is 5.73 Å². The molecule has 0 aromatic carbocycles. The monoisotopic (exact) mass is 319 g/mol. The Morgan fingerprint density at radius 2 is 2.35 bits per heavy atom. The number of rotatable bonds is 5. The predicted octanol–water partition coefficient (Wildman–Crippen LogP) is -0.635. The molecule has 1 atom stereocenters. The summed E-state index contributed by atoms with van der Waals surface area (Å²) in [6.07, 6.45) is 5.98. The van der Waals surface area contributed by atoms with Crippen LogP contribution < -0.4 is 5.73 Å². The van der Waals surface area contributed by atoms with E-state index in [0.29, 0.717) is 45.0 Å². The van der Waals surface area contributed by atoms with Gasteiger partial charge < -0.3 is 15.4 Å². The van der Waals surface area contributed by atoms with Gasteiger partial charge in [-0.1, -0.05) is 5.21 Å². The van der Waals surface area contributed by atoms with Gasteiger partial charge in [-0.2, -0.15) is 5.10 Å². The molecule has 0 aliphatic carbocycles. The Morgan fingerprint density at radius 3 is 3.13 bits per heavy atom. The molecular formula is C14H21N7O2. The molecule has 1 fully saturated rings. The van der Waals surface area contributed by atoms with Crippen molar-refractivity contribution < 1.29 is 9.53 Å². The van der Waals surface area contributed by atoms with E-state index in [1.807, 2.05) is 16.9 Å². The van der Waals surface area contributed by atoms with Crippen LogP contribution >= 0.6 is 0 Å². The molecule has 1 aliphatic rings. The molecule has 0 unspecified atom stereocenters. The molecule has 1 amide bonds. The third kappa shape index (κ3) is 3.93. The lowest BCUT2D eigenvalue weighted by atomic mass is 10.3. The summed E-state index contributed by atoms with van der Waals surface area (Å²) in [6.45, 7) is 3.43. The first kappa shape index (κ1) is 15.6. The minimum Gasteiger partial charge on any atom is -0.374 e. The number of hydrogen-bond donors (Lipinski definition) is 1. The molecule has 1 aliphatic heterocycles. The van der Waals surface area contributed by atoms with Gasteiger partial charge in [0.2, 0.25) is 0 Å². The quantitative estimate of drug-likeness (QED) is 0.786. The summed E-state index contributed by atoms with van der Waals surface area (Å²) in [5, 5.41) is 12.1. The highest BCUT2D eigenvalue weighted by atomic mass is 16.5. The van der Waals surface area contributed by atoms with Crippen LogP contribution in [-0.2, 0) is 17.8 Å². The summed E-state index contributed by atoms with van der Waals surface area (Å²) in [4.78, 5) is 14.4. The maximum atomic E-state index is 12.6. The molecule has 2 N–H and O–H groups in total. The Balaban J connectivity index is 1.65. The van der Waals surface area contributed by atoms with Gasteiger partial charge in [0.1, 0.15) is 0 Å². The minimum absolute atomic E-state index is 0.0829. The first-order valence-corrected chi connectivity index (χ1v) is 7.75. The second-order valence-corrected chi connectivity index (χ2v) is 5.48. The van der Waals surface area contributed by atoms with Gasteiger partial charge in [0, 0.05) is 38.6 Å². The van der Waals surface area contributed by atoms with Crippen LogP contribution in [0.4, 0.5) is 0 Å². The highest BCUT2D eigenvalue weighted by Gasteiger charge is 2.25. The van der Waals surface area contributed by atoms with E-state index in [0.717, 1.165) is 6.42 Å². The SMILES string of the molecule is NCCn1cc(C(=O)N2CCCO[C@@H](Cn3cccn3)C2)nn1. The van der Waals surface area contributed by atoms with Crippen LogP contribution in [0.15, 0.2) is 24.7 Å². The van der Waals surface area contributed by atoms with Crippen molar-refractivity contribution in [2.75, 3.05) is 26.2 Å². The van der Waals surface area contributed by atoms with E-state index in [1.165, 1.54) is 0 Å². The second kappa shape index (κ2) is 7.34. The molecule has 9 heteroatoms. The van der Waals surface area contributed by atoms with E-state index in [2.05, 4.69) is 15.4 Å². The maximum Gasteiger partial charge on any atom is 0.276 e. The average Bonchev–Trinajstić information content (AvgIpc) is 3.16. The van der Waals surface area contributed by atoms with Crippen LogP contribution in [0.2, 0.25) is 0 Å². The number of amides is 1. The van der Waals surface area contributed by atoms with Gasteiger partial charge in [-0.25, -0.2) is 0 Å². The van der Waals surface area contributed by atoms with Crippen molar-refractivity contribution in [1.82, 2.24) is 29.7 Å². The summed E-state index contributed by atoms with van der Waals surface area (Å²) in [5.74, 6) is -0.121. The van der Waals surface area contributed by atoms with Crippen molar-refractivity contribution in [3.63, 3.8) is 0 Å². The van der Waals surface area contributed by atoms with Crippen molar-refractivity contribution in [2.45, 2.75) is 25.6 Å². The summed E-state index contributed by atoms with van der Waals surface area (Å²) in [6, 6.07) is 1.87. The van der Waals surface area contributed by atoms with Gasteiger partial charge in [0.25, 0.3) is 5.91 Å². The van der Waals surface area contributed by atoms with Crippen molar-refractivity contribution in [3.8, 4) is 0 Å². The van der Waals surface area contributed by atoms with Crippen LogP contribution in [0.25, 0.3) is 0 Å². The number of aromatic nitrogens is 5. The molecule has 2 aromatic heterocycles. The van der Waals surface area contributed by atoms with Crippen LogP contribution in [0.3, 0.4) is 0 Å². The number of carbonyl (C=O) groups is 1. The van der Waals surface area contributed by atoms with Gasteiger partial charge >= 0.3 is 0 Å². The van der Waals surface area contributed by atoms with Crippen molar-refractivity contribution >= 4 is 5.91 Å². The number of carbonyl (C=O) groups excluding carboxylic acids is 1. The van der Waals surface area contributed by atoms with E-state index < -0.39 is 0 Å². The van der Waals surface area contributed by atoms with Gasteiger partial charge in [0.05, 0.1) is 25.4 Å². The van der Waals surface area contributed by atoms with Gasteiger partial charge in [-0.15, -0.1) is 5.10 Å². The van der Waals surface area contributed by atoms with Crippen LogP contribution in [-0.4, -0.2) is 67.9 Å². The van der Waals surface area contributed by atoms with Crippen molar-refractivity contribution in [3.05, 3.63) is 30.4 Å². The van der Waals surface area contributed by atoms with E-state index in [-0.39, 0.29) is 12.0 Å². The lowest BCUT2D eigenvalue weighted by Gasteiger charge is -2.23. The van der Waals surface area contributed by atoms with E-state index in [4.69, 9.17) is 10.5 Å². The van der Waals surface area contributed by atoms with Gasteiger partial charge in [-0.05, 0) is 12.5 Å². The molecule has 3 rings (SSSR count). The largest absolute Gasteiger partial charge is 0.374 e. The predicted molar refractivity (Wildman–Crippen MR) is 81.6 cm³/mol. The molecule has 1 saturated heterocycles. The lowest BCUT2D eigenvalue weighted by Crippen LogP contribution is -2.38. The number of ether oxygens (including phenoxy) is 1. The fourth-order valence-corrected chi connectivity index (χ4v) is 2.61. The maximum absolute atomic E-state index is 12.6. The molecule has 2 aromatic rings. The zero-order valence-corrected chi connectivity index (χ0v) is 12.9. The Kier molecular flexibility index (Phi) is 4.99. The average molecular weight is 319 g/mol. The molecule has 124 valence electrons. The van der Waals surface area contributed by atoms with E-state index >= 15 is 0 Å². The topological polar surface area (TPSA) is 104 Å². The molecule has 9 nitrogen and oxygen atoms in total. The number of nitrogens with two attached hydrogens (primary N) is 1. The van der Waals surface area contributed by atoms with E-state index in [9.17, 15) is 4.79 Å². The standard InChI is InChI=1S/C14H21N7O2/c15-3-7-21-11-13(17-18-21)14(22)19-5-2-8-23-12(9-19)10-20-6-1-4-16-20/h1,4,6,11-12H,2-3,5,7-10,15H2/t12-/m1/s1. The molecule has 0 spiro atoms. The van der Waals surface area contributed by atoms with Crippen LogP contribution in [0.5, 0.6) is 0 Å². The first-order chi connectivity index (χ1) is 11.3. The minimum atomic E-state index is -0.121. The molecule has 0 saturated carbocycles. The summed E-state index contributed by atoms with van der Waals surface area (Å²) < 4.78 is 9.23. The lowest BCUT2D eigenvalue weighted by molar-refractivity contribution is 0.0365. The molecule has 0 bridgehead atoms. The third-order valence-corrected chi connectivity index (χ3v) is 3.70. The normalized spacial score (nSPS) is 18.8. The molecular weight excluding hydrogens is 298 g/mol. The Bertz CT molecular complexity index is 625. The smallest absolute Gasteiger partial charge is 0.276 e. The Hall–Kier alpha value is -2.26. The Morgan fingerprint density at radius 1 is 1.43 bits per heavy atom. The van der Waals surface area contributed by atoms with Gasteiger partial charge in [0.15, 0.2) is 5.69 Å². The first-order valence-electron chi connectivity index (χ1n) is 7.75. The zero-order chi connectivity index (χ0) is 16.1.